The van der Waals surface area contributed by atoms with E-state index >= 15 is 0 Å². The number of cyclic esters (lactones) is 1. The zero-order valence-electron chi connectivity index (χ0n) is 32.7. The summed E-state index contributed by atoms with van der Waals surface area (Å²) in [5.41, 5.74) is 0.292. The second-order valence-corrected chi connectivity index (χ2v) is 17.9. The van der Waals surface area contributed by atoms with Crippen LogP contribution >= 0.6 is 0 Å². The monoisotopic (exact) mass is 734 g/mol. The molecule has 7 rings (SSSR count). The van der Waals surface area contributed by atoms with Gasteiger partial charge in [0.25, 0.3) is 0 Å². The van der Waals surface area contributed by atoms with Gasteiger partial charge in [-0.05, 0) is 94.5 Å². The van der Waals surface area contributed by atoms with Crippen LogP contribution in [0.3, 0.4) is 0 Å². The molecule has 5 saturated carbocycles. The van der Waals surface area contributed by atoms with Crippen LogP contribution in [0.2, 0.25) is 0 Å². The summed E-state index contributed by atoms with van der Waals surface area (Å²) in [5.74, 6) is 0.0177. The van der Waals surface area contributed by atoms with Crippen molar-refractivity contribution in [2.75, 3.05) is 48.1 Å². The Labute approximate surface area is 310 Å². The number of aliphatic hydroxyl groups is 2. The minimum absolute atomic E-state index is 0.00245. The number of methoxy groups -OCH3 is 2. The van der Waals surface area contributed by atoms with Crippen LogP contribution in [0, 0.1) is 52.8 Å². The van der Waals surface area contributed by atoms with Gasteiger partial charge in [0.2, 0.25) is 11.8 Å². The highest BCUT2D eigenvalue weighted by atomic mass is 16.7. The predicted octanol–water partition coefficient (Wildman–Crippen LogP) is 1.98. The first-order chi connectivity index (χ1) is 24.7. The number of nitrogens with one attached hydrogen (secondary N) is 2. The molecule has 2 heterocycles. The van der Waals surface area contributed by atoms with Crippen molar-refractivity contribution in [3.05, 3.63) is 0 Å². The number of nitrogens with zero attached hydrogens (tertiary/aromatic N) is 2. The lowest BCUT2D eigenvalue weighted by Crippen LogP contribution is -2.62. The van der Waals surface area contributed by atoms with E-state index in [1.54, 1.807) is 26.2 Å². The third-order valence-corrected chi connectivity index (χ3v) is 14.7. The second-order valence-electron chi connectivity index (χ2n) is 17.9. The van der Waals surface area contributed by atoms with Gasteiger partial charge in [-0.3, -0.25) is 14.4 Å². The summed E-state index contributed by atoms with van der Waals surface area (Å²) in [6.07, 6.45) is 4.65. The number of esters is 1. The molecule has 0 spiro atoms. The fourth-order valence-electron chi connectivity index (χ4n) is 11.7. The summed E-state index contributed by atoms with van der Waals surface area (Å²) in [6, 6.07) is -1.32. The molecular weight excluding hydrogens is 668 g/mol. The Morgan fingerprint density at radius 1 is 1.02 bits per heavy atom. The molecule has 13 heteroatoms. The largest absolute Gasteiger partial charge is 0.464 e. The van der Waals surface area contributed by atoms with E-state index in [0.717, 1.165) is 25.7 Å². The molecule has 0 aromatic rings. The van der Waals surface area contributed by atoms with Crippen molar-refractivity contribution in [2.24, 2.45) is 52.8 Å². The predicted molar refractivity (Wildman–Crippen MR) is 192 cm³/mol. The van der Waals surface area contributed by atoms with Crippen LogP contribution in [-0.2, 0) is 33.4 Å². The summed E-state index contributed by atoms with van der Waals surface area (Å²) < 4.78 is 17.7. The van der Waals surface area contributed by atoms with Gasteiger partial charge in [-0.2, -0.15) is 5.06 Å². The van der Waals surface area contributed by atoms with Gasteiger partial charge in [0, 0.05) is 57.0 Å². The van der Waals surface area contributed by atoms with Gasteiger partial charge < -0.3 is 40.0 Å². The zero-order valence-corrected chi connectivity index (χ0v) is 32.7. The third-order valence-electron chi connectivity index (χ3n) is 14.7. The van der Waals surface area contributed by atoms with Crippen molar-refractivity contribution < 1.29 is 43.6 Å². The van der Waals surface area contributed by atoms with E-state index < -0.39 is 30.2 Å². The molecule has 5 aliphatic carbocycles. The normalized spacial score (nSPS) is 43.8. The number of rotatable bonds is 12. The van der Waals surface area contributed by atoms with Crippen LogP contribution in [0.5, 0.6) is 0 Å². The van der Waals surface area contributed by atoms with E-state index in [-0.39, 0.29) is 72.4 Å². The minimum atomic E-state index is -0.867. The number of ether oxygens (including phenoxy) is 3. The van der Waals surface area contributed by atoms with Gasteiger partial charge in [-0.15, -0.1) is 0 Å². The first-order valence-corrected chi connectivity index (χ1v) is 19.9. The standard InChI is InChI=1S/C39H66N4O9/c1-20-27-16-24(39(27,3)4)17-29(20)41-37(47)33-32(21(2)45)31(19-44)52-43(33)18-22-10-9-11-25(34(22)49-7)26-14-23(15-30(42(5)6)35(26)50-8)36(46)40-28-12-13-51-38(28)48/h20-35,44-45H,9-19H2,1-8H3,(H,40,46)(H,41,47)/t20-,21-,22?,23?,24+,25?,26?,27-,28-,29?,30?,31-,32-,33-,34?,35?/m0/s1. The van der Waals surface area contributed by atoms with Crippen molar-refractivity contribution >= 4 is 17.8 Å². The maximum absolute atomic E-state index is 14.3. The lowest BCUT2D eigenvalue weighted by atomic mass is 9.45. The van der Waals surface area contributed by atoms with E-state index in [1.807, 2.05) is 14.1 Å². The van der Waals surface area contributed by atoms with Crippen LogP contribution in [0.15, 0.2) is 0 Å². The van der Waals surface area contributed by atoms with Gasteiger partial charge in [0.05, 0.1) is 31.5 Å². The Kier molecular flexibility index (Phi) is 12.3. The molecule has 52 heavy (non-hydrogen) atoms. The SMILES string of the molecule is COC1C(CN2O[C@@H](CO)[C@H]([C@H](C)O)[C@H]2C(=O)NC2C[C@H]3C[C@@H]([C@@H]2C)C3(C)C)CCCC1C1CC(C(=O)N[C@H]2CCOC2=O)CC(N(C)C)C1OC. The zero-order chi connectivity index (χ0) is 37.6. The highest BCUT2D eigenvalue weighted by Gasteiger charge is 2.58. The van der Waals surface area contributed by atoms with Crippen LogP contribution < -0.4 is 10.6 Å². The van der Waals surface area contributed by atoms with Gasteiger partial charge in [0.1, 0.15) is 18.2 Å². The Morgan fingerprint density at radius 3 is 2.33 bits per heavy atom. The van der Waals surface area contributed by atoms with Crippen molar-refractivity contribution in [1.29, 1.82) is 0 Å². The highest BCUT2D eigenvalue weighted by molar-refractivity contribution is 5.86. The number of aliphatic hydroxyl groups excluding tert-OH is 2. The Morgan fingerprint density at radius 2 is 1.75 bits per heavy atom. The van der Waals surface area contributed by atoms with Gasteiger partial charge in [0.15, 0.2) is 0 Å². The minimum Gasteiger partial charge on any atom is -0.464 e. The molecular formula is C39H66N4O9. The van der Waals surface area contributed by atoms with Crippen molar-refractivity contribution in [3.63, 3.8) is 0 Å². The molecule has 2 bridgehead atoms. The third kappa shape index (κ3) is 7.41. The lowest BCUT2D eigenvalue weighted by Gasteiger charge is -2.62. The molecule has 8 unspecified atom stereocenters. The quantitative estimate of drug-likeness (QED) is 0.217. The fraction of sp³-hybridized carbons (Fsp3) is 0.923. The van der Waals surface area contributed by atoms with Crippen LogP contribution in [0.25, 0.3) is 0 Å². The molecule has 2 saturated heterocycles. The van der Waals surface area contributed by atoms with Gasteiger partial charge in [-0.25, -0.2) is 4.79 Å². The molecule has 2 amide bonds. The van der Waals surface area contributed by atoms with Crippen LogP contribution in [0.1, 0.15) is 79.1 Å². The molecule has 13 nitrogen and oxygen atoms in total. The Bertz CT molecular complexity index is 1280. The average Bonchev–Trinajstić information content (AvgIpc) is 3.70. The molecule has 16 atom stereocenters. The summed E-state index contributed by atoms with van der Waals surface area (Å²) >= 11 is 0. The van der Waals surface area contributed by atoms with E-state index in [4.69, 9.17) is 19.0 Å². The van der Waals surface area contributed by atoms with E-state index in [1.165, 1.54) is 6.42 Å². The Hall–Kier alpha value is -1.87. The highest BCUT2D eigenvalue weighted by Crippen LogP contribution is 2.61. The first-order valence-electron chi connectivity index (χ1n) is 19.9. The molecule has 0 aromatic heterocycles. The van der Waals surface area contributed by atoms with E-state index in [9.17, 15) is 24.6 Å². The molecule has 0 aromatic carbocycles. The number of carbonyl (C=O) groups excluding carboxylic acids is 3. The second kappa shape index (κ2) is 16.1. The van der Waals surface area contributed by atoms with Crippen molar-refractivity contribution in [2.45, 2.75) is 128 Å². The summed E-state index contributed by atoms with van der Waals surface area (Å²) in [4.78, 5) is 48.7. The number of amides is 2. The number of hydroxylamine groups is 2. The first kappa shape index (κ1) is 39.8. The average molecular weight is 735 g/mol. The molecule has 2 aliphatic heterocycles. The number of likely N-dealkylation sites (N-methyl/N-ethyl adjacent to an activating group) is 1. The van der Waals surface area contributed by atoms with E-state index in [2.05, 4.69) is 36.3 Å². The lowest BCUT2D eigenvalue weighted by molar-refractivity contribution is -0.195. The molecule has 296 valence electrons. The molecule has 7 fully saturated rings. The van der Waals surface area contributed by atoms with Crippen LogP contribution in [-0.4, -0.2) is 135 Å². The number of hydrogen-bond acceptors (Lipinski definition) is 11. The fourth-order valence-corrected chi connectivity index (χ4v) is 11.7. The number of carbonyl (C=O) groups is 3. The Balaban J connectivity index is 1.21. The smallest absolute Gasteiger partial charge is 0.328 e. The maximum atomic E-state index is 14.3. The van der Waals surface area contributed by atoms with Crippen LogP contribution in [0.4, 0.5) is 0 Å². The van der Waals surface area contributed by atoms with Gasteiger partial charge >= 0.3 is 5.97 Å². The number of fused-ring (bicyclic) bond motifs is 2. The number of hydrogen-bond donors (Lipinski definition) is 4. The van der Waals surface area contributed by atoms with Crippen molar-refractivity contribution in [3.8, 4) is 0 Å². The summed E-state index contributed by atoms with van der Waals surface area (Å²) in [6.45, 7) is 9.03. The molecule has 7 aliphatic rings. The molecule has 4 N–H and O–H groups in total. The summed E-state index contributed by atoms with van der Waals surface area (Å²) in [5, 5.41) is 29.5. The van der Waals surface area contributed by atoms with Gasteiger partial charge in [-0.1, -0.05) is 27.2 Å². The molecule has 0 radical (unpaired) electrons. The maximum Gasteiger partial charge on any atom is 0.328 e. The van der Waals surface area contributed by atoms with E-state index in [0.29, 0.717) is 55.6 Å². The van der Waals surface area contributed by atoms with Crippen molar-refractivity contribution in [1.82, 2.24) is 20.6 Å². The summed E-state index contributed by atoms with van der Waals surface area (Å²) in [7, 11) is 7.52. The topological polar surface area (TPSA) is 159 Å².